The van der Waals surface area contributed by atoms with Crippen molar-refractivity contribution in [2.24, 2.45) is 0 Å². The summed E-state index contributed by atoms with van der Waals surface area (Å²) < 4.78 is 13.7. The van der Waals surface area contributed by atoms with Crippen LogP contribution in [0, 0.1) is 5.82 Å². The molecule has 1 heterocycles. The van der Waals surface area contributed by atoms with Gasteiger partial charge in [0.05, 0.1) is 5.02 Å². The number of nitrogens with zero attached hydrogens (tertiary/aromatic N) is 1. The molecule has 1 fully saturated rings. The number of benzene rings is 1. The van der Waals surface area contributed by atoms with Gasteiger partial charge in [-0.3, -0.25) is 0 Å². The molecular formula is C14H20ClFN2. The van der Waals surface area contributed by atoms with E-state index in [0.717, 1.165) is 6.54 Å². The SMILES string of the molecule is CC(CN1CCCC1)NCc1cccc(Cl)c1F. The molecule has 0 bridgehead atoms. The Hall–Kier alpha value is -0.640. The molecule has 0 radical (unpaired) electrons. The zero-order chi connectivity index (χ0) is 13.0. The summed E-state index contributed by atoms with van der Waals surface area (Å²) in [4.78, 5) is 2.45. The van der Waals surface area contributed by atoms with Gasteiger partial charge in [0.15, 0.2) is 0 Å². The molecule has 1 aromatic rings. The van der Waals surface area contributed by atoms with Crippen molar-refractivity contribution in [3.63, 3.8) is 0 Å². The van der Waals surface area contributed by atoms with E-state index in [0.29, 0.717) is 18.2 Å². The minimum atomic E-state index is -0.306. The Bertz CT molecular complexity index is 391. The van der Waals surface area contributed by atoms with E-state index in [-0.39, 0.29) is 10.8 Å². The molecule has 1 unspecified atom stereocenters. The molecule has 1 N–H and O–H groups in total. The van der Waals surface area contributed by atoms with E-state index < -0.39 is 0 Å². The largest absolute Gasteiger partial charge is 0.309 e. The molecule has 0 aliphatic carbocycles. The first-order chi connectivity index (χ1) is 8.66. The molecule has 1 atom stereocenters. The van der Waals surface area contributed by atoms with Crippen LogP contribution in [0.4, 0.5) is 4.39 Å². The lowest BCUT2D eigenvalue weighted by Crippen LogP contribution is -2.37. The molecule has 1 aliphatic rings. The molecule has 18 heavy (non-hydrogen) atoms. The maximum absolute atomic E-state index is 13.7. The first-order valence-electron chi connectivity index (χ1n) is 6.55. The van der Waals surface area contributed by atoms with Gasteiger partial charge in [-0.15, -0.1) is 0 Å². The molecule has 2 nitrogen and oxygen atoms in total. The summed E-state index contributed by atoms with van der Waals surface area (Å²) >= 11 is 5.76. The van der Waals surface area contributed by atoms with Crippen molar-refractivity contribution in [3.8, 4) is 0 Å². The third-order valence-corrected chi connectivity index (χ3v) is 3.70. The summed E-state index contributed by atoms with van der Waals surface area (Å²) in [5.41, 5.74) is 0.635. The zero-order valence-corrected chi connectivity index (χ0v) is 11.5. The Morgan fingerprint density at radius 1 is 1.39 bits per heavy atom. The minimum Gasteiger partial charge on any atom is -0.309 e. The van der Waals surface area contributed by atoms with Crippen LogP contribution >= 0.6 is 11.6 Å². The second-order valence-corrected chi connectivity index (χ2v) is 5.41. The van der Waals surface area contributed by atoms with Gasteiger partial charge in [0.2, 0.25) is 0 Å². The molecule has 1 saturated heterocycles. The molecule has 0 spiro atoms. The summed E-state index contributed by atoms with van der Waals surface area (Å²) in [6.45, 7) is 6.08. The lowest BCUT2D eigenvalue weighted by atomic mass is 10.2. The summed E-state index contributed by atoms with van der Waals surface area (Å²) in [6.07, 6.45) is 2.60. The monoisotopic (exact) mass is 270 g/mol. The van der Waals surface area contributed by atoms with Crippen LogP contribution in [0.25, 0.3) is 0 Å². The van der Waals surface area contributed by atoms with E-state index in [1.54, 1.807) is 18.2 Å². The van der Waals surface area contributed by atoms with Gasteiger partial charge in [0.1, 0.15) is 5.82 Å². The standard InChI is InChI=1S/C14H20ClFN2/c1-11(10-18-7-2-3-8-18)17-9-12-5-4-6-13(15)14(12)16/h4-6,11,17H,2-3,7-10H2,1H3. The Morgan fingerprint density at radius 3 is 2.83 bits per heavy atom. The number of halogens is 2. The fraction of sp³-hybridized carbons (Fsp3) is 0.571. The van der Waals surface area contributed by atoms with Gasteiger partial charge < -0.3 is 10.2 Å². The van der Waals surface area contributed by atoms with Gasteiger partial charge in [0.25, 0.3) is 0 Å². The number of hydrogen-bond acceptors (Lipinski definition) is 2. The predicted octanol–water partition coefficient (Wildman–Crippen LogP) is 3.05. The predicted molar refractivity (Wildman–Crippen MR) is 73.4 cm³/mol. The third kappa shape index (κ3) is 3.67. The van der Waals surface area contributed by atoms with Crippen molar-refractivity contribution in [2.75, 3.05) is 19.6 Å². The topological polar surface area (TPSA) is 15.3 Å². The van der Waals surface area contributed by atoms with Crippen LogP contribution in [-0.2, 0) is 6.54 Å². The lowest BCUT2D eigenvalue weighted by molar-refractivity contribution is 0.297. The molecule has 0 amide bonds. The van der Waals surface area contributed by atoms with E-state index in [1.165, 1.54) is 25.9 Å². The van der Waals surface area contributed by atoms with Gasteiger partial charge >= 0.3 is 0 Å². The van der Waals surface area contributed by atoms with Gasteiger partial charge in [-0.05, 0) is 38.9 Å². The Morgan fingerprint density at radius 2 is 2.11 bits per heavy atom. The van der Waals surface area contributed by atoms with Crippen LogP contribution in [-0.4, -0.2) is 30.6 Å². The highest BCUT2D eigenvalue weighted by molar-refractivity contribution is 6.30. The van der Waals surface area contributed by atoms with E-state index in [9.17, 15) is 4.39 Å². The molecule has 0 aromatic heterocycles. The maximum Gasteiger partial charge on any atom is 0.146 e. The first-order valence-corrected chi connectivity index (χ1v) is 6.93. The van der Waals surface area contributed by atoms with Crippen molar-refractivity contribution in [2.45, 2.75) is 32.4 Å². The molecular weight excluding hydrogens is 251 g/mol. The number of nitrogens with one attached hydrogen (secondary N) is 1. The molecule has 0 saturated carbocycles. The summed E-state index contributed by atoms with van der Waals surface area (Å²) in [5, 5.41) is 3.55. The smallest absolute Gasteiger partial charge is 0.146 e. The fourth-order valence-electron chi connectivity index (χ4n) is 2.39. The summed E-state index contributed by atoms with van der Waals surface area (Å²) in [7, 11) is 0. The number of likely N-dealkylation sites (tertiary alicyclic amines) is 1. The number of hydrogen-bond donors (Lipinski definition) is 1. The highest BCUT2D eigenvalue weighted by atomic mass is 35.5. The minimum absolute atomic E-state index is 0.196. The van der Waals surface area contributed by atoms with E-state index >= 15 is 0 Å². The van der Waals surface area contributed by atoms with Crippen molar-refractivity contribution in [1.82, 2.24) is 10.2 Å². The number of rotatable bonds is 5. The van der Waals surface area contributed by atoms with Crippen molar-refractivity contribution < 1.29 is 4.39 Å². The molecule has 2 rings (SSSR count). The Kier molecular flexibility index (Phi) is 4.98. The molecule has 4 heteroatoms. The van der Waals surface area contributed by atoms with Crippen LogP contribution in [0.3, 0.4) is 0 Å². The fourth-order valence-corrected chi connectivity index (χ4v) is 2.58. The Labute approximate surface area is 113 Å². The van der Waals surface area contributed by atoms with E-state index in [2.05, 4.69) is 17.1 Å². The van der Waals surface area contributed by atoms with Crippen molar-refractivity contribution in [3.05, 3.63) is 34.6 Å². The van der Waals surface area contributed by atoms with Gasteiger partial charge in [-0.25, -0.2) is 4.39 Å². The summed E-state index contributed by atoms with van der Waals surface area (Å²) in [5.74, 6) is -0.306. The second kappa shape index (κ2) is 6.50. The molecule has 100 valence electrons. The van der Waals surface area contributed by atoms with Crippen molar-refractivity contribution in [1.29, 1.82) is 0 Å². The average molecular weight is 271 g/mol. The molecule has 1 aromatic carbocycles. The van der Waals surface area contributed by atoms with Gasteiger partial charge in [0, 0.05) is 24.7 Å². The quantitative estimate of drug-likeness (QED) is 0.885. The van der Waals surface area contributed by atoms with Gasteiger partial charge in [-0.2, -0.15) is 0 Å². The highest BCUT2D eigenvalue weighted by Gasteiger charge is 2.14. The van der Waals surface area contributed by atoms with Crippen LogP contribution in [0.5, 0.6) is 0 Å². The van der Waals surface area contributed by atoms with E-state index in [4.69, 9.17) is 11.6 Å². The van der Waals surface area contributed by atoms with Crippen molar-refractivity contribution >= 4 is 11.6 Å². The first kappa shape index (κ1) is 13.8. The average Bonchev–Trinajstić information content (AvgIpc) is 2.84. The highest BCUT2D eigenvalue weighted by Crippen LogP contribution is 2.17. The normalized spacial score (nSPS) is 18.2. The second-order valence-electron chi connectivity index (χ2n) is 5.00. The zero-order valence-electron chi connectivity index (χ0n) is 10.8. The van der Waals surface area contributed by atoms with Crippen LogP contribution in [0.1, 0.15) is 25.3 Å². The Balaban J connectivity index is 1.81. The van der Waals surface area contributed by atoms with E-state index in [1.807, 2.05) is 0 Å². The maximum atomic E-state index is 13.7. The van der Waals surface area contributed by atoms with Crippen LogP contribution in [0.15, 0.2) is 18.2 Å². The van der Waals surface area contributed by atoms with Gasteiger partial charge in [-0.1, -0.05) is 23.7 Å². The van der Waals surface area contributed by atoms with Crippen LogP contribution < -0.4 is 5.32 Å². The lowest BCUT2D eigenvalue weighted by Gasteiger charge is -2.21. The van der Waals surface area contributed by atoms with Crippen LogP contribution in [0.2, 0.25) is 5.02 Å². The third-order valence-electron chi connectivity index (χ3n) is 3.40. The summed E-state index contributed by atoms with van der Waals surface area (Å²) in [6, 6.07) is 5.50. The molecule has 1 aliphatic heterocycles.